The van der Waals surface area contributed by atoms with Gasteiger partial charge in [0.1, 0.15) is 0 Å². The highest BCUT2D eigenvalue weighted by molar-refractivity contribution is 14.1. The predicted molar refractivity (Wildman–Crippen MR) is 70.2 cm³/mol. The van der Waals surface area contributed by atoms with Crippen molar-refractivity contribution >= 4 is 39.2 Å². The van der Waals surface area contributed by atoms with E-state index in [0.29, 0.717) is 0 Å². The van der Waals surface area contributed by atoms with Crippen LogP contribution in [-0.4, -0.2) is 21.1 Å². The number of rotatable bonds is 5. The minimum atomic E-state index is -1.30. The molecule has 0 radical (unpaired) electrons. The highest BCUT2D eigenvalue weighted by Crippen LogP contribution is 2.19. The Morgan fingerprint density at radius 1 is 1.08 bits per heavy atom. The minimum Gasteiger partial charge on any atom is -0.456 e. The molecule has 0 aromatic rings. The third-order valence-corrected chi connectivity index (χ3v) is 8.48. The summed E-state index contributed by atoms with van der Waals surface area (Å²) in [5.41, 5.74) is 0. The topological polar surface area (TPSA) is 9.23 Å². The zero-order valence-corrected chi connectivity index (χ0v) is 13.1. The smallest absolute Gasteiger partial charge is 0.173 e. The van der Waals surface area contributed by atoms with Crippen molar-refractivity contribution in [2.45, 2.75) is 45.2 Å². The van der Waals surface area contributed by atoms with Crippen molar-refractivity contribution in [3.8, 4) is 0 Å². The van der Waals surface area contributed by atoms with Crippen molar-refractivity contribution < 1.29 is 4.12 Å². The summed E-state index contributed by atoms with van der Waals surface area (Å²) < 4.78 is 7.47. The fraction of sp³-hybridized carbons (Fsp3) is 1.00. The lowest BCUT2D eigenvalue weighted by molar-refractivity contribution is 0.546. The van der Waals surface area contributed by atoms with Crippen LogP contribution >= 0.6 is 22.6 Å². The van der Waals surface area contributed by atoms with Crippen molar-refractivity contribution in [3.63, 3.8) is 0 Å². The maximum atomic E-state index is 6.20. The molecule has 0 N–H and O–H groups in total. The molecule has 0 rings (SSSR count). The van der Waals surface area contributed by atoms with Crippen LogP contribution in [0.5, 0.6) is 0 Å². The Morgan fingerprint density at radius 2 is 1.58 bits per heavy atom. The standard InChI is InChI=1S/C8H21IOSi2/c1-11(2,3)10-12(4,5)8-6-7-9/h6-8H2,1-5H3. The Balaban J connectivity index is 3.86. The fourth-order valence-electron chi connectivity index (χ4n) is 1.37. The van der Waals surface area contributed by atoms with E-state index in [2.05, 4.69) is 55.3 Å². The van der Waals surface area contributed by atoms with E-state index < -0.39 is 16.6 Å². The largest absolute Gasteiger partial charge is 0.456 e. The summed E-state index contributed by atoms with van der Waals surface area (Å²) in [5.74, 6) is 0. The van der Waals surface area contributed by atoms with Crippen LogP contribution in [-0.2, 0) is 4.12 Å². The maximum absolute atomic E-state index is 6.20. The first-order valence-corrected chi connectivity index (χ1v) is 12.6. The van der Waals surface area contributed by atoms with Gasteiger partial charge in [-0.1, -0.05) is 22.6 Å². The highest BCUT2D eigenvalue weighted by atomic mass is 127. The molecule has 4 heteroatoms. The van der Waals surface area contributed by atoms with Gasteiger partial charge in [-0.05, 0) is 49.6 Å². The molecule has 0 fully saturated rings. The molecule has 0 aliphatic heterocycles. The van der Waals surface area contributed by atoms with Crippen LogP contribution < -0.4 is 0 Å². The fourth-order valence-corrected chi connectivity index (χ4v) is 10.5. The van der Waals surface area contributed by atoms with E-state index >= 15 is 0 Å². The van der Waals surface area contributed by atoms with Crippen molar-refractivity contribution in [1.82, 2.24) is 0 Å². The van der Waals surface area contributed by atoms with Gasteiger partial charge >= 0.3 is 0 Å². The second-order valence-electron chi connectivity index (χ2n) is 4.77. The second-order valence-corrected chi connectivity index (χ2v) is 14.9. The van der Waals surface area contributed by atoms with Crippen molar-refractivity contribution in [2.75, 3.05) is 4.43 Å². The molecular weight excluding hydrogens is 295 g/mol. The monoisotopic (exact) mass is 316 g/mol. The van der Waals surface area contributed by atoms with Crippen LogP contribution in [0.25, 0.3) is 0 Å². The first-order valence-electron chi connectivity index (χ1n) is 4.53. The zero-order chi connectivity index (χ0) is 9.83. The summed E-state index contributed by atoms with van der Waals surface area (Å²) in [4.78, 5) is 0. The van der Waals surface area contributed by atoms with E-state index in [1.807, 2.05) is 0 Å². The molecule has 0 saturated carbocycles. The van der Waals surface area contributed by atoms with Gasteiger partial charge in [0.25, 0.3) is 0 Å². The van der Waals surface area contributed by atoms with Gasteiger partial charge < -0.3 is 4.12 Å². The summed E-state index contributed by atoms with van der Waals surface area (Å²) in [6, 6.07) is 1.32. The third kappa shape index (κ3) is 7.76. The van der Waals surface area contributed by atoms with Crippen LogP contribution in [0.2, 0.25) is 38.8 Å². The van der Waals surface area contributed by atoms with Gasteiger partial charge in [-0.25, -0.2) is 0 Å². The molecule has 0 unspecified atom stereocenters. The zero-order valence-electron chi connectivity index (χ0n) is 8.91. The van der Waals surface area contributed by atoms with Crippen LogP contribution in [0.3, 0.4) is 0 Å². The molecule has 0 atom stereocenters. The number of alkyl halides is 1. The molecule has 0 heterocycles. The molecule has 0 aromatic carbocycles. The Hall–Kier alpha value is 1.12. The Morgan fingerprint density at radius 3 is 1.92 bits per heavy atom. The molecule has 0 saturated heterocycles. The summed E-state index contributed by atoms with van der Waals surface area (Å²) in [6.07, 6.45) is 1.32. The number of hydrogen-bond donors (Lipinski definition) is 0. The molecule has 1 nitrogen and oxygen atoms in total. The average molecular weight is 316 g/mol. The lowest BCUT2D eigenvalue weighted by Gasteiger charge is -2.31. The first-order chi connectivity index (χ1) is 5.27. The van der Waals surface area contributed by atoms with Gasteiger partial charge in [-0.15, -0.1) is 0 Å². The molecule has 74 valence electrons. The van der Waals surface area contributed by atoms with Crippen molar-refractivity contribution in [3.05, 3.63) is 0 Å². The molecular formula is C8H21IOSi2. The van der Waals surface area contributed by atoms with Crippen LogP contribution in [0.1, 0.15) is 6.42 Å². The van der Waals surface area contributed by atoms with Gasteiger partial charge in [-0.2, -0.15) is 0 Å². The Bertz CT molecular complexity index is 132. The molecule has 0 spiro atoms. The molecule has 0 aliphatic rings. The van der Waals surface area contributed by atoms with Crippen LogP contribution in [0.4, 0.5) is 0 Å². The third-order valence-electron chi connectivity index (χ3n) is 1.49. The Kier molecular flexibility index (Phi) is 5.60. The van der Waals surface area contributed by atoms with E-state index in [-0.39, 0.29) is 0 Å². The second kappa shape index (κ2) is 5.12. The molecule has 0 amide bonds. The Labute approximate surface area is 92.7 Å². The minimum absolute atomic E-state index is 1.27. The molecule has 12 heavy (non-hydrogen) atoms. The summed E-state index contributed by atoms with van der Waals surface area (Å²) >= 11 is 2.44. The van der Waals surface area contributed by atoms with Gasteiger partial charge in [0.2, 0.25) is 0 Å². The van der Waals surface area contributed by atoms with E-state index in [1.165, 1.54) is 16.9 Å². The van der Waals surface area contributed by atoms with Crippen LogP contribution in [0.15, 0.2) is 0 Å². The summed E-state index contributed by atoms with van der Waals surface area (Å²) in [6.45, 7) is 11.5. The molecule has 0 aliphatic carbocycles. The van der Waals surface area contributed by atoms with Crippen molar-refractivity contribution in [2.24, 2.45) is 0 Å². The highest BCUT2D eigenvalue weighted by Gasteiger charge is 2.28. The maximum Gasteiger partial charge on any atom is 0.173 e. The first kappa shape index (κ1) is 13.1. The van der Waals surface area contributed by atoms with Gasteiger partial charge in [-0.3, -0.25) is 0 Å². The van der Waals surface area contributed by atoms with E-state index in [9.17, 15) is 0 Å². The number of halogens is 1. The molecule has 0 aromatic heterocycles. The van der Waals surface area contributed by atoms with Gasteiger partial charge in [0, 0.05) is 0 Å². The normalized spacial score (nSPS) is 13.5. The van der Waals surface area contributed by atoms with E-state index in [1.54, 1.807) is 0 Å². The van der Waals surface area contributed by atoms with E-state index in [4.69, 9.17) is 4.12 Å². The molecule has 0 bridgehead atoms. The quantitative estimate of drug-likeness (QED) is 0.425. The average Bonchev–Trinajstić information content (AvgIpc) is 1.78. The van der Waals surface area contributed by atoms with Gasteiger partial charge in [0.15, 0.2) is 16.6 Å². The SMILES string of the molecule is C[Si](C)(C)O[Si](C)(C)CCCI. The summed E-state index contributed by atoms with van der Waals surface area (Å²) in [5, 5.41) is 0. The number of hydrogen-bond acceptors (Lipinski definition) is 1. The van der Waals surface area contributed by atoms with E-state index in [0.717, 1.165) is 0 Å². The van der Waals surface area contributed by atoms with Gasteiger partial charge in [0.05, 0.1) is 0 Å². The van der Waals surface area contributed by atoms with Crippen LogP contribution in [0, 0.1) is 0 Å². The lowest BCUT2D eigenvalue weighted by atomic mass is 10.6. The summed E-state index contributed by atoms with van der Waals surface area (Å²) in [7, 11) is -2.59. The predicted octanol–water partition coefficient (Wildman–Crippen LogP) is 3.87. The van der Waals surface area contributed by atoms with Crippen molar-refractivity contribution in [1.29, 1.82) is 0 Å². The lowest BCUT2D eigenvalue weighted by Crippen LogP contribution is -2.42.